The average molecular weight is 489 g/mol. The molecule has 36 heavy (non-hydrogen) atoms. The minimum absolute atomic E-state index is 0.0359. The van der Waals surface area contributed by atoms with Gasteiger partial charge in [-0.3, -0.25) is 14.3 Å². The number of anilines is 1. The van der Waals surface area contributed by atoms with Gasteiger partial charge in [0.15, 0.2) is 5.69 Å². The van der Waals surface area contributed by atoms with Crippen LogP contribution in [0.3, 0.4) is 0 Å². The van der Waals surface area contributed by atoms with Gasteiger partial charge in [0.2, 0.25) is 11.8 Å². The van der Waals surface area contributed by atoms with Crippen molar-refractivity contribution in [3.63, 3.8) is 0 Å². The number of hydrogen-bond acceptors (Lipinski definition) is 6. The standard InChI is InChI=1S/C27H28N4O5/c1-3-36-27(34)25-21-16-30(12-11-23(21)31(29-25)15-17-7-5-4-6-8-17)24(32)14-20-19-13-18(35-2)9-10-22(19)28-26(20)33/h4-10,13,20H,3,11-12,14-16H2,1-2H3,(H,28,33)/t20-/m1/s1. The van der Waals surface area contributed by atoms with E-state index in [2.05, 4.69) is 10.4 Å². The van der Waals surface area contributed by atoms with E-state index in [-0.39, 0.29) is 37.1 Å². The molecule has 0 spiro atoms. The molecule has 2 aliphatic heterocycles. The Bertz CT molecular complexity index is 1320. The minimum atomic E-state index is -0.589. The Kier molecular flexibility index (Phi) is 6.45. The molecule has 9 nitrogen and oxygen atoms in total. The van der Waals surface area contributed by atoms with E-state index < -0.39 is 11.9 Å². The fraction of sp³-hybridized carbons (Fsp3) is 0.333. The summed E-state index contributed by atoms with van der Waals surface area (Å²) in [5.74, 6) is -0.801. The van der Waals surface area contributed by atoms with Crippen molar-refractivity contribution in [1.29, 1.82) is 0 Å². The maximum atomic E-state index is 13.3. The molecule has 0 saturated carbocycles. The molecule has 0 radical (unpaired) electrons. The Morgan fingerprint density at radius 1 is 1.17 bits per heavy atom. The highest BCUT2D eigenvalue weighted by atomic mass is 16.5. The lowest BCUT2D eigenvalue weighted by molar-refractivity contribution is -0.134. The molecule has 2 amide bonds. The monoisotopic (exact) mass is 488 g/mol. The second-order valence-electron chi connectivity index (χ2n) is 8.90. The van der Waals surface area contributed by atoms with Crippen LogP contribution < -0.4 is 10.1 Å². The third-order valence-corrected chi connectivity index (χ3v) is 6.72. The van der Waals surface area contributed by atoms with Crippen LogP contribution in [0.5, 0.6) is 5.75 Å². The molecule has 1 aromatic heterocycles. The Morgan fingerprint density at radius 3 is 2.72 bits per heavy atom. The SMILES string of the molecule is CCOC(=O)c1nn(Cc2ccccc2)c2c1CN(C(=O)C[C@H]1C(=O)Nc3ccc(OC)cc31)CC2. The quantitative estimate of drug-likeness (QED) is 0.513. The van der Waals surface area contributed by atoms with Crippen LogP contribution in [0.4, 0.5) is 5.69 Å². The second-order valence-corrected chi connectivity index (χ2v) is 8.90. The number of fused-ring (bicyclic) bond motifs is 2. The number of carbonyl (C=O) groups excluding carboxylic acids is 3. The number of nitrogens with one attached hydrogen (secondary N) is 1. The predicted octanol–water partition coefficient (Wildman–Crippen LogP) is 3.13. The van der Waals surface area contributed by atoms with Gasteiger partial charge in [-0.1, -0.05) is 30.3 Å². The van der Waals surface area contributed by atoms with Crippen molar-refractivity contribution in [2.75, 3.05) is 25.6 Å². The molecular formula is C27H28N4O5. The number of rotatable bonds is 7. The molecule has 2 aliphatic rings. The van der Waals surface area contributed by atoms with Gasteiger partial charge in [-0.15, -0.1) is 0 Å². The van der Waals surface area contributed by atoms with Gasteiger partial charge in [0.05, 0.1) is 26.2 Å². The van der Waals surface area contributed by atoms with Crippen LogP contribution in [0.25, 0.3) is 0 Å². The first-order valence-corrected chi connectivity index (χ1v) is 12.0. The van der Waals surface area contributed by atoms with E-state index >= 15 is 0 Å². The van der Waals surface area contributed by atoms with E-state index in [0.717, 1.165) is 16.8 Å². The summed E-state index contributed by atoms with van der Waals surface area (Å²) in [7, 11) is 1.57. The van der Waals surface area contributed by atoms with E-state index in [9.17, 15) is 14.4 Å². The smallest absolute Gasteiger partial charge is 0.359 e. The van der Waals surface area contributed by atoms with Crippen molar-refractivity contribution in [3.05, 3.63) is 76.6 Å². The summed E-state index contributed by atoms with van der Waals surface area (Å²) in [5.41, 5.74) is 4.41. The van der Waals surface area contributed by atoms with E-state index in [0.29, 0.717) is 36.5 Å². The lowest BCUT2D eigenvalue weighted by Gasteiger charge is -2.28. The van der Waals surface area contributed by atoms with Gasteiger partial charge in [0, 0.05) is 42.9 Å². The maximum absolute atomic E-state index is 13.3. The molecule has 9 heteroatoms. The summed E-state index contributed by atoms with van der Waals surface area (Å²) < 4.78 is 12.4. The molecular weight excluding hydrogens is 460 g/mol. The van der Waals surface area contributed by atoms with Gasteiger partial charge >= 0.3 is 5.97 Å². The number of ether oxygens (including phenoxy) is 2. The predicted molar refractivity (Wildman–Crippen MR) is 132 cm³/mol. The minimum Gasteiger partial charge on any atom is -0.497 e. The Labute approximate surface area is 209 Å². The van der Waals surface area contributed by atoms with E-state index in [1.807, 2.05) is 35.0 Å². The highest BCUT2D eigenvalue weighted by Crippen LogP contribution is 2.38. The first-order chi connectivity index (χ1) is 17.5. The van der Waals surface area contributed by atoms with Gasteiger partial charge in [-0.25, -0.2) is 4.79 Å². The molecule has 5 rings (SSSR count). The molecule has 3 heterocycles. The fourth-order valence-electron chi connectivity index (χ4n) is 4.89. The van der Waals surface area contributed by atoms with Gasteiger partial charge in [-0.05, 0) is 36.2 Å². The van der Waals surface area contributed by atoms with Crippen LogP contribution in [-0.4, -0.2) is 52.7 Å². The van der Waals surface area contributed by atoms with Gasteiger partial charge in [0.1, 0.15) is 5.75 Å². The highest BCUT2D eigenvalue weighted by molar-refractivity contribution is 6.05. The van der Waals surface area contributed by atoms with Crippen LogP contribution in [0.15, 0.2) is 48.5 Å². The molecule has 2 aromatic carbocycles. The molecule has 0 unspecified atom stereocenters. The first kappa shape index (κ1) is 23.6. The van der Waals surface area contributed by atoms with Crippen molar-refractivity contribution >= 4 is 23.5 Å². The van der Waals surface area contributed by atoms with Crippen molar-refractivity contribution in [3.8, 4) is 5.75 Å². The number of aromatic nitrogens is 2. The van der Waals surface area contributed by atoms with E-state index in [4.69, 9.17) is 9.47 Å². The molecule has 186 valence electrons. The molecule has 1 N–H and O–H groups in total. The third-order valence-electron chi connectivity index (χ3n) is 6.72. The van der Waals surface area contributed by atoms with Crippen molar-refractivity contribution in [2.24, 2.45) is 0 Å². The molecule has 3 aromatic rings. The van der Waals surface area contributed by atoms with Crippen LogP contribution in [0.2, 0.25) is 0 Å². The summed E-state index contributed by atoms with van der Waals surface area (Å²) in [6.07, 6.45) is 0.593. The Balaban J connectivity index is 1.38. The van der Waals surface area contributed by atoms with Crippen molar-refractivity contribution in [2.45, 2.75) is 38.8 Å². The third kappa shape index (κ3) is 4.44. The number of amides is 2. The number of benzene rings is 2. The fourth-order valence-corrected chi connectivity index (χ4v) is 4.89. The number of methoxy groups -OCH3 is 1. The lowest BCUT2D eigenvalue weighted by atomic mass is 9.95. The molecule has 0 bridgehead atoms. The van der Waals surface area contributed by atoms with Gasteiger partial charge < -0.3 is 19.7 Å². The average Bonchev–Trinajstić information content (AvgIpc) is 3.41. The first-order valence-electron chi connectivity index (χ1n) is 12.0. The maximum Gasteiger partial charge on any atom is 0.359 e. The number of esters is 1. The number of carbonyl (C=O) groups is 3. The topological polar surface area (TPSA) is 103 Å². The zero-order valence-corrected chi connectivity index (χ0v) is 20.3. The van der Waals surface area contributed by atoms with Crippen molar-refractivity contribution in [1.82, 2.24) is 14.7 Å². The van der Waals surface area contributed by atoms with Crippen molar-refractivity contribution < 1.29 is 23.9 Å². The van der Waals surface area contributed by atoms with Crippen LogP contribution >= 0.6 is 0 Å². The Hall–Kier alpha value is -4.14. The summed E-state index contributed by atoms with van der Waals surface area (Å²) >= 11 is 0. The van der Waals surface area contributed by atoms with E-state index in [1.165, 1.54) is 0 Å². The van der Waals surface area contributed by atoms with Crippen LogP contribution in [0.1, 0.15) is 52.1 Å². The summed E-state index contributed by atoms with van der Waals surface area (Å²) in [5, 5.41) is 7.44. The highest BCUT2D eigenvalue weighted by Gasteiger charge is 2.36. The van der Waals surface area contributed by atoms with Crippen LogP contribution in [0, 0.1) is 0 Å². The summed E-state index contributed by atoms with van der Waals surface area (Å²) in [4.78, 5) is 40.4. The Morgan fingerprint density at radius 2 is 1.97 bits per heavy atom. The molecule has 0 saturated heterocycles. The zero-order chi connectivity index (χ0) is 25.2. The molecule has 1 atom stereocenters. The normalized spacial score (nSPS) is 16.2. The largest absolute Gasteiger partial charge is 0.497 e. The van der Waals surface area contributed by atoms with Crippen LogP contribution in [-0.2, 0) is 33.8 Å². The molecule has 0 fully saturated rings. The van der Waals surface area contributed by atoms with E-state index in [1.54, 1.807) is 37.1 Å². The second kappa shape index (κ2) is 9.85. The molecule has 0 aliphatic carbocycles. The number of nitrogens with zero attached hydrogens (tertiary/aromatic N) is 3. The zero-order valence-electron chi connectivity index (χ0n) is 20.3. The van der Waals surface area contributed by atoms with Gasteiger partial charge in [0.25, 0.3) is 0 Å². The summed E-state index contributed by atoms with van der Waals surface area (Å²) in [6, 6.07) is 15.3. The summed E-state index contributed by atoms with van der Waals surface area (Å²) in [6.45, 7) is 3.24. The lowest BCUT2D eigenvalue weighted by Crippen LogP contribution is -2.38. The number of hydrogen-bond donors (Lipinski definition) is 1. The van der Waals surface area contributed by atoms with Gasteiger partial charge in [-0.2, -0.15) is 5.10 Å².